The van der Waals surface area contributed by atoms with Crippen molar-refractivity contribution in [1.82, 2.24) is 30.1 Å². The smallest absolute Gasteiger partial charge is 0.255 e. The maximum atomic E-state index is 12.8. The topological polar surface area (TPSA) is 98.3 Å². The molecule has 0 unspecified atom stereocenters. The fourth-order valence-electron chi connectivity index (χ4n) is 4.42. The predicted octanol–water partition coefficient (Wildman–Crippen LogP) is 1.84. The summed E-state index contributed by atoms with van der Waals surface area (Å²) >= 11 is 0. The van der Waals surface area contributed by atoms with Crippen molar-refractivity contribution in [3.63, 3.8) is 0 Å². The van der Waals surface area contributed by atoms with Crippen LogP contribution >= 0.6 is 0 Å². The number of nitrogens with one attached hydrogen (secondary N) is 1. The second kappa shape index (κ2) is 7.63. The standard InChI is InChI=1S/C19H28N6O3/c1-11(2)25-8-14(12(3)22-25)19(26)20-15-7-13-5-6-16(15)24(13)9-18-21-17(10-27-4)23-28-18/h8,11,13,15-16H,5-7,9-10H2,1-4H3,(H,20,26)/t13-,15+,16+/m1/s1. The van der Waals surface area contributed by atoms with Crippen molar-refractivity contribution >= 4 is 5.91 Å². The number of aromatic nitrogens is 4. The Hall–Kier alpha value is -2.26. The molecule has 0 radical (unpaired) electrons. The van der Waals surface area contributed by atoms with Crippen molar-refractivity contribution in [2.45, 2.75) is 77.4 Å². The lowest BCUT2D eigenvalue weighted by molar-refractivity contribution is 0.0923. The SMILES string of the molecule is COCc1noc(CN2[C@@H]3CC[C@H]2[C@@H](NC(=O)c2cn(C(C)C)nc2C)C3)n1. The van der Waals surface area contributed by atoms with Crippen LogP contribution in [0.25, 0.3) is 0 Å². The van der Waals surface area contributed by atoms with E-state index >= 15 is 0 Å². The maximum Gasteiger partial charge on any atom is 0.255 e. The average Bonchev–Trinajstić information content (AvgIpc) is 3.41. The van der Waals surface area contributed by atoms with Gasteiger partial charge in [0.25, 0.3) is 5.91 Å². The van der Waals surface area contributed by atoms with Crippen LogP contribution < -0.4 is 5.32 Å². The molecule has 1 N–H and O–H groups in total. The van der Waals surface area contributed by atoms with Gasteiger partial charge in [-0.15, -0.1) is 0 Å². The van der Waals surface area contributed by atoms with E-state index in [0.717, 1.165) is 25.0 Å². The Morgan fingerprint density at radius 3 is 2.96 bits per heavy atom. The zero-order valence-electron chi connectivity index (χ0n) is 16.9. The summed E-state index contributed by atoms with van der Waals surface area (Å²) in [5, 5.41) is 11.6. The van der Waals surface area contributed by atoms with Crippen LogP contribution in [0.5, 0.6) is 0 Å². The first-order chi connectivity index (χ1) is 13.5. The number of rotatable bonds is 7. The minimum Gasteiger partial charge on any atom is -0.377 e. The lowest BCUT2D eigenvalue weighted by atomic mass is 9.95. The zero-order chi connectivity index (χ0) is 19.8. The molecule has 1 amide bonds. The van der Waals surface area contributed by atoms with Crippen molar-refractivity contribution in [3.8, 4) is 0 Å². The average molecular weight is 388 g/mol. The van der Waals surface area contributed by atoms with E-state index in [1.165, 1.54) is 0 Å². The summed E-state index contributed by atoms with van der Waals surface area (Å²) in [5.74, 6) is 1.12. The van der Waals surface area contributed by atoms with Crippen LogP contribution in [0.15, 0.2) is 10.7 Å². The highest BCUT2D eigenvalue weighted by molar-refractivity contribution is 5.95. The van der Waals surface area contributed by atoms with Crippen LogP contribution in [-0.4, -0.2) is 56.0 Å². The fraction of sp³-hybridized carbons (Fsp3) is 0.684. The quantitative estimate of drug-likeness (QED) is 0.773. The Morgan fingerprint density at radius 1 is 1.43 bits per heavy atom. The molecule has 2 saturated heterocycles. The Labute approximate surface area is 164 Å². The summed E-state index contributed by atoms with van der Waals surface area (Å²) in [7, 11) is 1.61. The Morgan fingerprint density at radius 2 is 2.25 bits per heavy atom. The van der Waals surface area contributed by atoms with E-state index in [0.29, 0.717) is 42.5 Å². The summed E-state index contributed by atoms with van der Waals surface area (Å²) in [6.07, 6.45) is 5.00. The first kappa shape index (κ1) is 19.1. The molecule has 9 nitrogen and oxygen atoms in total. The fourth-order valence-corrected chi connectivity index (χ4v) is 4.42. The lowest BCUT2D eigenvalue weighted by Crippen LogP contribution is -2.43. The summed E-state index contributed by atoms with van der Waals surface area (Å²) < 4.78 is 12.2. The van der Waals surface area contributed by atoms with E-state index in [4.69, 9.17) is 9.26 Å². The van der Waals surface area contributed by atoms with Gasteiger partial charge in [0.2, 0.25) is 5.89 Å². The van der Waals surface area contributed by atoms with Crippen LogP contribution in [-0.2, 0) is 17.9 Å². The maximum absolute atomic E-state index is 12.8. The number of carbonyl (C=O) groups is 1. The van der Waals surface area contributed by atoms with Crippen molar-refractivity contribution < 1.29 is 14.1 Å². The van der Waals surface area contributed by atoms with Crippen molar-refractivity contribution in [3.05, 3.63) is 29.2 Å². The third-order valence-corrected chi connectivity index (χ3v) is 5.79. The Bertz CT molecular complexity index is 845. The van der Waals surface area contributed by atoms with E-state index in [2.05, 4.69) is 39.3 Å². The first-order valence-electron chi connectivity index (χ1n) is 9.89. The number of fused-ring (bicyclic) bond motifs is 2. The highest BCUT2D eigenvalue weighted by Gasteiger charge is 2.47. The van der Waals surface area contributed by atoms with Crippen LogP contribution in [0, 0.1) is 6.92 Å². The van der Waals surface area contributed by atoms with E-state index in [9.17, 15) is 4.79 Å². The third-order valence-electron chi connectivity index (χ3n) is 5.79. The minimum absolute atomic E-state index is 0.0397. The van der Waals surface area contributed by atoms with Gasteiger partial charge in [-0.2, -0.15) is 10.1 Å². The largest absolute Gasteiger partial charge is 0.377 e. The van der Waals surface area contributed by atoms with Gasteiger partial charge in [0.1, 0.15) is 6.61 Å². The van der Waals surface area contributed by atoms with Crippen molar-refractivity contribution in [2.24, 2.45) is 0 Å². The highest BCUT2D eigenvalue weighted by Crippen LogP contribution is 2.38. The number of methoxy groups -OCH3 is 1. The molecular formula is C19H28N6O3. The van der Waals surface area contributed by atoms with Crippen LogP contribution in [0.3, 0.4) is 0 Å². The summed E-state index contributed by atoms with van der Waals surface area (Å²) in [5.41, 5.74) is 1.42. The number of nitrogens with zero attached hydrogens (tertiary/aromatic N) is 5. The molecule has 0 spiro atoms. The molecule has 2 aromatic heterocycles. The second-order valence-corrected chi connectivity index (χ2v) is 8.03. The lowest BCUT2D eigenvalue weighted by Gasteiger charge is -2.24. The van der Waals surface area contributed by atoms with Gasteiger partial charge in [-0.25, -0.2) is 0 Å². The molecule has 9 heteroatoms. The van der Waals surface area contributed by atoms with E-state index < -0.39 is 0 Å². The number of aryl methyl sites for hydroxylation is 1. The normalized spacial score (nSPS) is 24.4. The molecule has 0 aliphatic carbocycles. The van der Waals surface area contributed by atoms with Crippen LogP contribution in [0.1, 0.15) is 66.9 Å². The molecule has 0 aromatic carbocycles. The number of ether oxygens (including phenoxy) is 1. The molecule has 0 saturated carbocycles. The zero-order valence-corrected chi connectivity index (χ0v) is 16.9. The van der Waals surface area contributed by atoms with E-state index in [1.807, 2.05) is 17.8 Å². The molecule has 2 bridgehead atoms. The van der Waals surface area contributed by atoms with Gasteiger partial charge < -0.3 is 14.6 Å². The number of hydrogen-bond donors (Lipinski definition) is 1. The summed E-state index contributed by atoms with van der Waals surface area (Å²) in [4.78, 5) is 19.6. The molecule has 3 atom stereocenters. The summed E-state index contributed by atoms with van der Waals surface area (Å²) in [6, 6.07) is 1.10. The number of amides is 1. The molecule has 28 heavy (non-hydrogen) atoms. The predicted molar refractivity (Wildman–Crippen MR) is 101 cm³/mol. The minimum atomic E-state index is -0.0397. The van der Waals surface area contributed by atoms with Crippen molar-refractivity contribution in [2.75, 3.05) is 7.11 Å². The van der Waals surface area contributed by atoms with Crippen LogP contribution in [0.2, 0.25) is 0 Å². The van der Waals surface area contributed by atoms with Gasteiger partial charge in [0.05, 0.1) is 17.8 Å². The number of carbonyl (C=O) groups excluding carboxylic acids is 1. The monoisotopic (exact) mass is 388 g/mol. The van der Waals surface area contributed by atoms with Gasteiger partial charge in [-0.3, -0.25) is 14.4 Å². The molecule has 2 aliphatic heterocycles. The third kappa shape index (κ3) is 3.56. The molecule has 2 aromatic rings. The second-order valence-electron chi connectivity index (χ2n) is 8.03. The molecule has 2 fully saturated rings. The van der Waals surface area contributed by atoms with Crippen molar-refractivity contribution in [1.29, 1.82) is 0 Å². The van der Waals surface area contributed by atoms with E-state index in [-0.39, 0.29) is 18.0 Å². The molecular weight excluding hydrogens is 360 g/mol. The highest BCUT2D eigenvalue weighted by atomic mass is 16.5. The Kier molecular flexibility index (Phi) is 5.20. The molecule has 2 aliphatic rings. The first-order valence-corrected chi connectivity index (χ1v) is 9.89. The van der Waals surface area contributed by atoms with Gasteiger partial charge in [-0.05, 0) is 40.0 Å². The number of hydrogen-bond acceptors (Lipinski definition) is 7. The van der Waals surface area contributed by atoms with Gasteiger partial charge in [-0.1, -0.05) is 5.16 Å². The van der Waals surface area contributed by atoms with Gasteiger partial charge in [0.15, 0.2) is 5.82 Å². The summed E-state index contributed by atoms with van der Waals surface area (Å²) in [6.45, 7) is 6.95. The molecule has 4 rings (SSSR count). The molecule has 4 heterocycles. The Balaban J connectivity index is 1.41. The van der Waals surface area contributed by atoms with Crippen LogP contribution in [0.4, 0.5) is 0 Å². The van der Waals surface area contributed by atoms with E-state index in [1.54, 1.807) is 7.11 Å². The van der Waals surface area contributed by atoms with Gasteiger partial charge in [0, 0.05) is 37.5 Å². The van der Waals surface area contributed by atoms with Gasteiger partial charge >= 0.3 is 0 Å². The molecule has 152 valence electrons.